The van der Waals surface area contributed by atoms with E-state index in [-0.39, 0.29) is 23.4 Å². The van der Waals surface area contributed by atoms with Crippen molar-refractivity contribution < 1.29 is 14.3 Å². The molecule has 1 aliphatic rings. The van der Waals surface area contributed by atoms with E-state index in [1.54, 1.807) is 29.4 Å². The number of hydrogen-bond acceptors (Lipinski definition) is 6. The summed E-state index contributed by atoms with van der Waals surface area (Å²) < 4.78 is 6.64. The van der Waals surface area contributed by atoms with Gasteiger partial charge >= 0.3 is 5.97 Å². The molecule has 0 aromatic carbocycles. The standard InChI is InChI=1S/C20H31N3O4S/c1-4-16-14-18(25)22(3)20(21-16)28-13-7-6-8-17(24)23-11-9-15(10-12-23)19(26)27-5-2/h14-15H,4-13H2,1-3H3. The van der Waals surface area contributed by atoms with Crippen molar-refractivity contribution in [3.63, 3.8) is 0 Å². The number of carbonyl (C=O) groups is 2. The molecular formula is C20H31N3O4S. The van der Waals surface area contributed by atoms with E-state index < -0.39 is 0 Å². The number of likely N-dealkylation sites (tertiary alicyclic amines) is 1. The molecule has 1 aromatic heterocycles. The number of carbonyl (C=O) groups excluding carboxylic acids is 2. The maximum atomic E-state index is 12.4. The third kappa shape index (κ3) is 6.36. The number of amides is 1. The van der Waals surface area contributed by atoms with Crippen molar-refractivity contribution in [3.8, 4) is 0 Å². The van der Waals surface area contributed by atoms with Gasteiger partial charge in [0.05, 0.1) is 12.5 Å². The van der Waals surface area contributed by atoms with E-state index in [0.717, 1.165) is 35.9 Å². The molecule has 156 valence electrons. The lowest BCUT2D eigenvalue weighted by Crippen LogP contribution is -2.40. The Morgan fingerprint density at radius 1 is 1.25 bits per heavy atom. The molecule has 0 N–H and O–H groups in total. The molecule has 0 radical (unpaired) electrons. The van der Waals surface area contributed by atoms with Crippen LogP contribution in [-0.2, 0) is 27.8 Å². The maximum absolute atomic E-state index is 12.4. The van der Waals surface area contributed by atoms with Gasteiger partial charge in [0.25, 0.3) is 5.56 Å². The second-order valence-corrected chi connectivity index (χ2v) is 8.06. The van der Waals surface area contributed by atoms with Gasteiger partial charge in [-0.1, -0.05) is 18.7 Å². The highest BCUT2D eigenvalue weighted by Gasteiger charge is 2.27. The normalized spacial score (nSPS) is 14.9. The van der Waals surface area contributed by atoms with E-state index in [0.29, 0.717) is 39.0 Å². The first-order chi connectivity index (χ1) is 13.5. The number of piperidine rings is 1. The molecule has 1 amide bonds. The van der Waals surface area contributed by atoms with Crippen LogP contribution in [0.4, 0.5) is 0 Å². The zero-order valence-electron chi connectivity index (χ0n) is 17.1. The Morgan fingerprint density at radius 2 is 1.96 bits per heavy atom. The summed E-state index contributed by atoms with van der Waals surface area (Å²) in [7, 11) is 1.74. The number of nitrogens with zero attached hydrogens (tertiary/aromatic N) is 3. The zero-order chi connectivity index (χ0) is 20.5. The van der Waals surface area contributed by atoms with Crippen molar-refractivity contribution in [2.24, 2.45) is 13.0 Å². The first-order valence-electron chi connectivity index (χ1n) is 10.1. The van der Waals surface area contributed by atoms with Gasteiger partial charge in [0.2, 0.25) is 5.91 Å². The zero-order valence-corrected chi connectivity index (χ0v) is 17.9. The average molecular weight is 410 g/mol. The van der Waals surface area contributed by atoms with Crippen LogP contribution in [0.3, 0.4) is 0 Å². The first-order valence-corrected chi connectivity index (χ1v) is 11.1. The quantitative estimate of drug-likeness (QED) is 0.270. The predicted molar refractivity (Wildman–Crippen MR) is 109 cm³/mol. The highest BCUT2D eigenvalue weighted by atomic mass is 32.2. The van der Waals surface area contributed by atoms with Crippen LogP contribution in [-0.4, -0.2) is 51.8 Å². The van der Waals surface area contributed by atoms with Gasteiger partial charge in [-0.05, 0) is 39.0 Å². The van der Waals surface area contributed by atoms with Crippen LogP contribution < -0.4 is 5.56 Å². The second kappa shape index (κ2) is 11.2. The first kappa shape index (κ1) is 22.5. The summed E-state index contributed by atoms with van der Waals surface area (Å²) in [5.74, 6) is 0.775. The Bertz CT molecular complexity index is 727. The number of aromatic nitrogens is 2. The molecule has 1 aliphatic heterocycles. The fraction of sp³-hybridized carbons (Fsp3) is 0.700. The molecule has 2 heterocycles. The molecule has 1 saturated heterocycles. The summed E-state index contributed by atoms with van der Waals surface area (Å²) in [5.41, 5.74) is 0.780. The van der Waals surface area contributed by atoms with Crippen LogP contribution >= 0.6 is 11.8 Å². The average Bonchev–Trinajstić information content (AvgIpc) is 2.70. The van der Waals surface area contributed by atoms with Crippen molar-refractivity contribution in [1.82, 2.24) is 14.5 Å². The molecule has 8 heteroatoms. The minimum Gasteiger partial charge on any atom is -0.466 e. The lowest BCUT2D eigenvalue weighted by Gasteiger charge is -2.31. The molecule has 2 rings (SSSR count). The van der Waals surface area contributed by atoms with Crippen molar-refractivity contribution in [2.75, 3.05) is 25.4 Å². The monoisotopic (exact) mass is 409 g/mol. The van der Waals surface area contributed by atoms with Crippen LogP contribution in [0.1, 0.15) is 51.6 Å². The third-order valence-corrected chi connectivity index (χ3v) is 6.11. The van der Waals surface area contributed by atoms with Crippen molar-refractivity contribution in [3.05, 3.63) is 22.1 Å². The number of rotatable bonds is 9. The molecule has 1 fully saturated rings. The van der Waals surface area contributed by atoms with E-state index in [9.17, 15) is 14.4 Å². The van der Waals surface area contributed by atoms with Gasteiger partial charge in [0.15, 0.2) is 5.16 Å². The maximum Gasteiger partial charge on any atom is 0.309 e. The predicted octanol–water partition coefficient (Wildman–Crippen LogP) is 2.41. The van der Waals surface area contributed by atoms with Crippen molar-refractivity contribution in [2.45, 2.75) is 57.5 Å². The Hall–Kier alpha value is -1.83. The number of ether oxygens (including phenoxy) is 1. The third-order valence-electron chi connectivity index (χ3n) is 4.99. The van der Waals surface area contributed by atoms with E-state index >= 15 is 0 Å². The van der Waals surface area contributed by atoms with Gasteiger partial charge in [-0.25, -0.2) is 4.98 Å². The molecule has 0 unspecified atom stereocenters. The van der Waals surface area contributed by atoms with Gasteiger partial charge in [0.1, 0.15) is 0 Å². The Morgan fingerprint density at radius 3 is 2.61 bits per heavy atom. The van der Waals surface area contributed by atoms with Gasteiger partial charge in [0, 0.05) is 44.1 Å². The number of hydrogen-bond donors (Lipinski definition) is 0. The number of unbranched alkanes of at least 4 members (excludes halogenated alkanes) is 1. The largest absolute Gasteiger partial charge is 0.466 e. The Balaban J connectivity index is 1.68. The summed E-state index contributed by atoms with van der Waals surface area (Å²) in [6.07, 6.45) is 4.34. The van der Waals surface area contributed by atoms with Crippen LogP contribution in [0.25, 0.3) is 0 Å². The smallest absolute Gasteiger partial charge is 0.309 e. The molecule has 7 nitrogen and oxygen atoms in total. The molecule has 1 aromatic rings. The molecule has 0 atom stereocenters. The Labute approximate surface area is 170 Å². The van der Waals surface area contributed by atoms with Crippen LogP contribution in [0.2, 0.25) is 0 Å². The highest BCUT2D eigenvalue weighted by molar-refractivity contribution is 7.99. The summed E-state index contributed by atoms with van der Waals surface area (Å²) in [6.45, 7) is 5.46. The van der Waals surface area contributed by atoms with Gasteiger partial charge in [-0.2, -0.15) is 0 Å². The highest BCUT2D eigenvalue weighted by Crippen LogP contribution is 2.20. The molecule has 0 spiro atoms. The lowest BCUT2D eigenvalue weighted by atomic mass is 9.96. The van der Waals surface area contributed by atoms with Gasteiger partial charge in [-0.15, -0.1) is 0 Å². The van der Waals surface area contributed by atoms with E-state index in [4.69, 9.17) is 4.74 Å². The summed E-state index contributed by atoms with van der Waals surface area (Å²) in [4.78, 5) is 42.4. The van der Waals surface area contributed by atoms with E-state index in [1.807, 2.05) is 18.7 Å². The molecule has 0 saturated carbocycles. The van der Waals surface area contributed by atoms with Crippen molar-refractivity contribution >= 4 is 23.6 Å². The minimum atomic E-state index is -0.137. The summed E-state index contributed by atoms with van der Waals surface area (Å²) in [6, 6.07) is 1.58. The second-order valence-electron chi connectivity index (χ2n) is 6.99. The van der Waals surface area contributed by atoms with Crippen LogP contribution in [0.5, 0.6) is 0 Å². The topological polar surface area (TPSA) is 81.5 Å². The van der Waals surface area contributed by atoms with Crippen molar-refractivity contribution in [1.29, 1.82) is 0 Å². The SMILES string of the molecule is CCOC(=O)C1CCN(C(=O)CCCCSc2nc(CC)cc(=O)n2C)CC1. The van der Waals surface area contributed by atoms with Gasteiger partial charge in [-0.3, -0.25) is 19.0 Å². The fourth-order valence-corrected chi connectivity index (χ4v) is 4.19. The number of aryl methyl sites for hydroxylation is 1. The van der Waals surface area contributed by atoms with Gasteiger partial charge < -0.3 is 9.64 Å². The lowest BCUT2D eigenvalue weighted by molar-refractivity contribution is -0.151. The minimum absolute atomic E-state index is 0.0317. The molecule has 28 heavy (non-hydrogen) atoms. The number of thioether (sulfide) groups is 1. The van der Waals surface area contributed by atoms with E-state index in [1.165, 1.54) is 0 Å². The molecule has 0 bridgehead atoms. The summed E-state index contributed by atoms with van der Waals surface area (Å²) in [5, 5.41) is 0.733. The Kier molecular flexibility index (Phi) is 9.02. The van der Waals surface area contributed by atoms with Crippen LogP contribution in [0, 0.1) is 5.92 Å². The van der Waals surface area contributed by atoms with Crippen LogP contribution in [0.15, 0.2) is 16.0 Å². The molecule has 0 aliphatic carbocycles. The number of esters is 1. The summed E-state index contributed by atoms with van der Waals surface area (Å²) >= 11 is 1.56. The van der Waals surface area contributed by atoms with E-state index in [2.05, 4.69) is 4.98 Å². The fourth-order valence-electron chi connectivity index (χ4n) is 3.20. The molecular weight excluding hydrogens is 378 g/mol.